The fourth-order valence-corrected chi connectivity index (χ4v) is 5.09. The molecule has 1 heterocycles. The van der Waals surface area contributed by atoms with Crippen LogP contribution in [0, 0.1) is 6.92 Å². The van der Waals surface area contributed by atoms with Crippen molar-refractivity contribution in [1.29, 1.82) is 0 Å². The van der Waals surface area contributed by atoms with Crippen LogP contribution in [0.25, 0.3) is 0 Å². The first-order valence-corrected chi connectivity index (χ1v) is 12.8. The van der Waals surface area contributed by atoms with Crippen LogP contribution < -0.4 is 14.9 Å². The summed E-state index contributed by atoms with van der Waals surface area (Å²) in [5.41, 5.74) is 2.60. The van der Waals surface area contributed by atoms with E-state index in [0.29, 0.717) is 24.5 Å². The number of likely N-dealkylation sites (N-methyl/N-ethyl adjacent to an activating group) is 1. The summed E-state index contributed by atoms with van der Waals surface area (Å²) in [7, 11) is -2.16. The Labute approximate surface area is 200 Å². The number of carbonyl (C=O) groups is 2. The third kappa shape index (κ3) is 5.94. The number of morpholine rings is 1. The van der Waals surface area contributed by atoms with Crippen molar-refractivity contribution >= 4 is 33.2 Å². The molecule has 0 unspecified atom stereocenters. The first-order chi connectivity index (χ1) is 16.2. The van der Waals surface area contributed by atoms with Gasteiger partial charge in [0.05, 0.1) is 24.7 Å². The van der Waals surface area contributed by atoms with Crippen LogP contribution in [0.4, 0.5) is 11.4 Å². The fraction of sp³-hybridized carbons (Fsp3) is 0.417. The summed E-state index contributed by atoms with van der Waals surface area (Å²) in [6.45, 7) is 4.63. The van der Waals surface area contributed by atoms with Gasteiger partial charge < -0.3 is 19.9 Å². The van der Waals surface area contributed by atoms with E-state index in [0.717, 1.165) is 31.6 Å². The average Bonchev–Trinajstić information content (AvgIpc) is 3.63. The number of nitrogens with one attached hydrogen (secondary N) is 2. The number of rotatable bonds is 8. The fourth-order valence-electron chi connectivity index (χ4n) is 3.76. The number of amides is 2. The van der Waals surface area contributed by atoms with Crippen molar-refractivity contribution in [2.45, 2.75) is 30.7 Å². The molecule has 0 spiro atoms. The van der Waals surface area contributed by atoms with E-state index in [1.165, 1.54) is 24.1 Å². The second-order valence-corrected chi connectivity index (χ2v) is 10.4. The summed E-state index contributed by atoms with van der Waals surface area (Å²) in [6, 6.07) is 12.0. The molecule has 1 aliphatic carbocycles. The van der Waals surface area contributed by atoms with Gasteiger partial charge in [-0.05, 0) is 61.7 Å². The van der Waals surface area contributed by atoms with Crippen LogP contribution in [0.1, 0.15) is 28.8 Å². The van der Waals surface area contributed by atoms with Gasteiger partial charge in [-0.2, -0.15) is 0 Å². The Hall–Kier alpha value is -2.95. The van der Waals surface area contributed by atoms with E-state index in [9.17, 15) is 18.0 Å². The monoisotopic (exact) mass is 486 g/mol. The van der Waals surface area contributed by atoms with Crippen LogP contribution in [0.3, 0.4) is 0 Å². The maximum absolute atomic E-state index is 13.0. The van der Waals surface area contributed by atoms with Crippen molar-refractivity contribution in [2.24, 2.45) is 0 Å². The molecule has 2 fully saturated rings. The number of sulfonamides is 1. The molecule has 10 heteroatoms. The molecule has 34 heavy (non-hydrogen) atoms. The van der Waals surface area contributed by atoms with E-state index in [-0.39, 0.29) is 29.0 Å². The molecule has 182 valence electrons. The summed E-state index contributed by atoms with van der Waals surface area (Å²) in [5, 5.41) is 2.81. The van der Waals surface area contributed by atoms with Gasteiger partial charge in [0.25, 0.3) is 5.91 Å². The van der Waals surface area contributed by atoms with Crippen LogP contribution in [-0.4, -0.2) is 71.1 Å². The van der Waals surface area contributed by atoms with Gasteiger partial charge in [0.1, 0.15) is 0 Å². The highest BCUT2D eigenvalue weighted by Crippen LogP contribution is 2.24. The Morgan fingerprint density at radius 2 is 1.76 bits per heavy atom. The minimum atomic E-state index is -3.68. The predicted molar refractivity (Wildman–Crippen MR) is 130 cm³/mol. The Morgan fingerprint density at radius 1 is 1.09 bits per heavy atom. The smallest absolute Gasteiger partial charge is 0.254 e. The van der Waals surface area contributed by atoms with Crippen molar-refractivity contribution in [3.8, 4) is 0 Å². The number of nitrogens with zero attached hydrogens (tertiary/aromatic N) is 2. The van der Waals surface area contributed by atoms with Crippen LogP contribution in [0.2, 0.25) is 0 Å². The normalized spacial score (nSPS) is 16.2. The lowest BCUT2D eigenvalue weighted by molar-refractivity contribution is -0.116. The van der Waals surface area contributed by atoms with E-state index < -0.39 is 15.9 Å². The Kier molecular flexibility index (Phi) is 7.20. The van der Waals surface area contributed by atoms with Gasteiger partial charge in [0.15, 0.2) is 0 Å². The third-order valence-electron chi connectivity index (χ3n) is 5.90. The summed E-state index contributed by atoms with van der Waals surface area (Å²) < 4.78 is 33.1. The zero-order chi connectivity index (χ0) is 24.3. The predicted octanol–water partition coefficient (Wildman–Crippen LogP) is 1.98. The maximum atomic E-state index is 13.0. The van der Waals surface area contributed by atoms with Gasteiger partial charge in [0.2, 0.25) is 15.9 Å². The quantitative estimate of drug-likeness (QED) is 0.591. The zero-order valence-electron chi connectivity index (χ0n) is 19.4. The van der Waals surface area contributed by atoms with Gasteiger partial charge in [-0.1, -0.05) is 6.07 Å². The first-order valence-electron chi connectivity index (χ1n) is 11.3. The first kappa shape index (κ1) is 24.2. The molecule has 2 aromatic rings. The minimum absolute atomic E-state index is 0.0280. The number of benzene rings is 2. The number of anilines is 2. The van der Waals surface area contributed by atoms with E-state index in [2.05, 4.69) is 14.9 Å². The van der Waals surface area contributed by atoms with Gasteiger partial charge in [-0.3, -0.25) is 9.59 Å². The largest absolute Gasteiger partial charge is 0.378 e. The average molecular weight is 487 g/mol. The summed E-state index contributed by atoms with van der Waals surface area (Å²) in [6.07, 6.45) is 1.65. The highest BCUT2D eigenvalue weighted by Gasteiger charge is 2.29. The molecule has 0 radical (unpaired) electrons. The molecular formula is C24H30N4O5S. The molecule has 2 aromatic carbocycles. The Balaban J connectivity index is 1.37. The molecule has 1 saturated carbocycles. The van der Waals surface area contributed by atoms with E-state index in [4.69, 9.17) is 4.74 Å². The molecule has 1 aliphatic heterocycles. The van der Waals surface area contributed by atoms with Gasteiger partial charge >= 0.3 is 0 Å². The highest BCUT2D eigenvalue weighted by molar-refractivity contribution is 7.89. The molecule has 2 N–H and O–H groups in total. The molecule has 1 saturated heterocycles. The molecule has 0 atom stereocenters. The van der Waals surface area contributed by atoms with Gasteiger partial charge in [-0.15, -0.1) is 0 Å². The molecule has 2 amide bonds. The van der Waals surface area contributed by atoms with Crippen molar-refractivity contribution in [2.75, 3.05) is 50.1 Å². The summed E-state index contributed by atoms with van der Waals surface area (Å²) >= 11 is 0. The van der Waals surface area contributed by atoms with Crippen molar-refractivity contribution in [3.63, 3.8) is 0 Å². The standard InChI is InChI=1S/C24H30N4O5S/c1-17-3-10-21(34(31,32)26-19-4-5-19)15-22(17)24(30)27(2)16-23(29)25-18-6-8-20(9-7-18)28-11-13-33-14-12-28/h3,6-10,15,19,26H,4-5,11-14,16H2,1-2H3,(H,25,29). The van der Waals surface area contributed by atoms with E-state index in [1.54, 1.807) is 13.0 Å². The lowest BCUT2D eigenvalue weighted by Gasteiger charge is -2.28. The van der Waals surface area contributed by atoms with Crippen LogP contribution in [0.15, 0.2) is 47.4 Å². The lowest BCUT2D eigenvalue weighted by Crippen LogP contribution is -2.36. The Morgan fingerprint density at radius 3 is 2.41 bits per heavy atom. The second kappa shape index (κ2) is 10.1. The molecule has 2 aliphatic rings. The minimum Gasteiger partial charge on any atom is -0.378 e. The van der Waals surface area contributed by atoms with Crippen molar-refractivity contribution in [1.82, 2.24) is 9.62 Å². The molecule has 9 nitrogen and oxygen atoms in total. The lowest BCUT2D eigenvalue weighted by atomic mass is 10.1. The highest BCUT2D eigenvalue weighted by atomic mass is 32.2. The molecule has 0 bridgehead atoms. The van der Waals surface area contributed by atoms with Gasteiger partial charge in [-0.25, -0.2) is 13.1 Å². The molecule has 0 aromatic heterocycles. The summed E-state index contributed by atoms with van der Waals surface area (Å²) in [5.74, 6) is -0.759. The van der Waals surface area contributed by atoms with Crippen molar-refractivity contribution < 1.29 is 22.7 Å². The number of carbonyl (C=O) groups excluding carboxylic acids is 2. The van der Waals surface area contributed by atoms with Crippen LogP contribution in [-0.2, 0) is 19.6 Å². The van der Waals surface area contributed by atoms with Crippen molar-refractivity contribution in [3.05, 3.63) is 53.6 Å². The number of hydrogen-bond donors (Lipinski definition) is 2. The molecule has 4 rings (SSSR count). The zero-order valence-corrected chi connectivity index (χ0v) is 20.2. The summed E-state index contributed by atoms with van der Waals surface area (Å²) in [4.78, 5) is 29.1. The van der Waals surface area contributed by atoms with Crippen LogP contribution in [0.5, 0.6) is 0 Å². The SMILES string of the molecule is Cc1ccc(S(=O)(=O)NC2CC2)cc1C(=O)N(C)CC(=O)Nc1ccc(N2CCOCC2)cc1. The third-order valence-corrected chi connectivity index (χ3v) is 7.42. The topological polar surface area (TPSA) is 108 Å². The van der Waals surface area contributed by atoms with E-state index in [1.807, 2.05) is 24.3 Å². The van der Waals surface area contributed by atoms with Crippen LogP contribution >= 0.6 is 0 Å². The Bertz CT molecular complexity index is 1160. The maximum Gasteiger partial charge on any atom is 0.254 e. The number of aryl methyl sites for hydroxylation is 1. The van der Waals surface area contributed by atoms with Gasteiger partial charge in [0, 0.05) is 43.1 Å². The molecular weight excluding hydrogens is 456 g/mol. The number of hydrogen-bond acceptors (Lipinski definition) is 6. The van der Waals surface area contributed by atoms with E-state index >= 15 is 0 Å². The number of ether oxygens (including phenoxy) is 1. The second-order valence-electron chi connectivity index (χ2n) is 8.73.